The van der Waals surface area contributed by atoms with Crippen LogP contribution in [-0.4, -0.2) is 23.5 Å². The second-order valence-electron chi connectivity index (χ2n) is 6.00. The van der Waals surface area contributed by atoms with Crippen LogP contribution in [0.25, 0.3) is 0 Å². The van der Waals surface area contributed by atoms with Gasteiger partial charge in [0.15, 0.2) is 5.13 Å². The fourth-order valence-corrected chi connectivity index (χ4v) is 4.17. The molecule has 6 heteroatoms. The molecule has 0 aliphatic carbocycles. The number of aromatic nitrogens is 1. The predicted molar refractivity (Wildman–Crippen MR) is 97.9 cm³/mol. The molecule has 3 rings (SSSR count). The van der Waals surface area contributed by atoms with E-state index in [-0.39, 0.29) is 11.8 Å². The van der Waals surface area contributed by atoms with Crippen molar-refractivity contribution < 1.29 is 4.79 Å². The van der Waals surface area contributed by atoms with Gasteiger partial charge in [0.05, 0.1) is 0 Å². The highest BCUT2D eigenvalue weighted by Crippen LogP contribution is 2.24. The summed E-state index contributed by atoms with van der Waals surface area (Å²) in [5.74, 6) is 0.186. The number of hydrogen-bond acceptors (Lipinski definition) is 4. The molecule has 0 radical (unpaired) electrons. The number of carbonyl (C=O) groups excluding carboxylic acids is 1. The van der Waals surface area contributed by atoms with Crippen LogP contribution in [0, 0.1) is 5.92 Å². The van der Waals surface area contributed by atoms with Crippen molar-refractivity contribution in [1.29, 1.82) is 0 Å². The van der Waals surface area contributed by atoms with Crippen LogP contribution in [0.5, 0.6) is 0 Å². The molecule has 2 heterocycles. The van der Waals surface area contributed by atoms with E-state index in [0.717, 1.165) is 35.2 Å². The Morgan fingerprint density at radius 1 is 1.52 bits per heavy atom. The quantitative estimate of drug-likeness (QED) is 0.829. The van der Waals surface area contributed by atoms with Crippen LogP contribution in [0.3, 0.4) is 0 Å². The van der Waals surface area contributed by atoms with Gasteiger partial charge in [-0.05, 0) is 44.0 Å². The van der Waals surface area contributed by atoms with E-state index < -0.39 is 0 Å². The molecule has 0 spiro atoms. The number of amides is 1. The zero-order valence-corrected chi connectivity index (χ0v) is 15.4. The van der Waals surface area contributed by atoms with Crippen LogP contribution in [0.1, 0.15) is 30.2 Å². The molecule has 0 bridgehead atoms. The second kappa shape index (κ2) is 7.55. The van der Waals surface area contributed by atoms with Crippen molar-refractivity contribution in [1.82, 2.24) is 10.3 Å². The molecule has 1 aliphatic rings. The molecule has 1 aromatic carbocycles. The van der Waals surface area contributed by atoms with Crippen molar-refractivity contribution in [3.8, 4) is 0 Å². The molecular formula is C17H20BrN3OS. The first kappa shape index (κ1) is 16.6. The summed E-state index contributed by atoms with van der Waals surface area (Å²) < 4.78 is 1.08. The largest absolute Gasteiger partial charge is 0.314 e. The predicted octanol–water partition coefficient (Wildman–Crippen LogP) is 3.82. The van der Waals surface area contributed by atoms with Gasteiger partial charge in [-0.15, -0.1) is 11.3 Å². The Balaban J connectivity index is 1.59. The Kier molecular flexibility index (Phi) is 5.46. The summed E-state index contributed by atoms with van der Waals surface area (Å²) in [6.07, 6.45) is 4.47. The Hall–Kier alpha value is -1.24. The van der Waals surface area contributed by atoms with Crippen molar-refractivity contribution in [2.75, 3.05) is 11.9 Å². The molecule has 2 N–H and O–H groups in total. The number of carbonyl (C=O) groups is 1. The van der Waals surface area contributed by atoms with Gasteiger partial charge in [-0.1, -0.05) is 28.1 Å². The van der Waals surface area contributed by atoms with Gasteiger partial charge in [0, 0.05) is 33.9 Å². The molecule has 122 valence electrons. The number of anilines is 1. The minimum atomic E-state index is 0.0867. The maximum atomic E-state index is 12.3. The normalized spacial score (nSPS) is 21.1. The van der Waals surface area contributed by atoms with E-state index in [0.29, 0.717) is 11.2 Å². The molecule has 0 saturated carbocycles. The van der Waals surface area contributed by atoms with Crippen molar-refractivity contribution in [3.63, 3.8) is 0 Å². The number of halogens is 1. The van der Waals surface area contributed by atoms with Crippen LogP contribution in [0.2, 0.25) is 0 Å². The highest BCUT2D eigenvalue weighted by atomic mass is 79.9. The van der Waals surface area contributed by atoms with E-state index in [4.69, 9.17) is 0 Å². The summed E-state index contributed by atoms with van der Waals surface area (Å²) in [4.78, 5) is 17.8. The number of benzene rings is 1. The van der Waals surface area contributed by atoms with Gasteiger partial charge in [-0.25, -0.2) is 4.98 Å². The Labute approximate surface area is 148 Å². The number of nitrogens with zero attached hydrogens (tertiary/aromatic N) is 1. The first-order valence-corrected chi connectivity index (χ1v) is 9.44. The lowest BCUT2D eigenvalue weighted by molar-refractivity contribution is -0.120. The summed E-state index contributed by atoms with van der Waals surface area (Å²) in [7, 11) is 0. The van der Waals surface area contributed by atoms with E-state index in [1.54, 1.807) is 11.3 Å². The average molecular weight is 394 g/mol. The second-order valence-corrected chi connectivity index (χ2v) is 8.04. The van der Waals surface area contributed by atoms with E-state index in [1.165, 1.54) is 5.56 Å². The molecular weight excluding hydrogens is 374 g/mol. The summed E-state index contributed by atoms with van der Waals surface area (Å²) >= 11 is 5.04. The van der Waals surface area contributed by atoms with Gasteiger partial charge in [0.2, 0.25) is 5.91 Å². The highest BCUT2D eigenvalue weighted by molar-refractivity contribution is 9.10. The number of hydrogen-bond donors (Lipinski definition) is 2. The molecule has 2 aromatic rings. The minimum Gasteiger partial charge on any atom is -0.314 e. The first-order chi connectivity index (χ1) is 11.1. The van der Waals surface area contributed by atoms with Crippen molar-refractivity contribution in [3.05, 3.63) is 45.4 Å². The lowest BCUT2D eigenvalue weighted by Gasteiger charge is -2.26. The van der Waals surface area contributed by atoms with Gasteiger partial charge < -0.3 is 10.6 Å². The molecule has 1 amide bonds. The molecule has 2 atom stereocenters. The standard InChI is InChI=1S/C17H20BrN3OS/c1-11-7-13(5-6-19-11)16(22)21-17-20-10-15(23-17)9-12-3-2-4-14(18)8-12/h2-4,8,10-11,13,19H,5-7,9H2,1H3,(H,20,21,22)/t11-,13-/m0/s1. The van der Waals surface area contributed by atoms with E-state index in [2.05, 4.69) is 50.6 Å². The summed E-state index contributed by atoms with van der Waals surface area (Å²) in [6, 6.07) is 8.65. The molecule has 0 unspecified atom stereocenters. The Morgan fingerprint density at radius 3 is 3.17 bits per heavy atom. The van der Waals surface area contributed by atoms with Gasteiger partial charge >= 0.3 is 0 Å². The fraction of sp³-hybridized carbons (Fsp3) is 0.412. The van der Waals surface area contributed by atoms with Crippen LogP contribution >= 0.6 is 27.3 Å². The SMILES string of the molecule is C[C@H]1C[C@@H](C(=O)Nc2ncc(Cc3cccc(Br)c3)s2)CCN1. The average Bonchev–Trinajstić information content (AvgIpc) is 2.94. The third kappa shape index (κ3) is 4.62. The molecule has 1 fully saturated rings. The van der Waals surface area contributed by atoms with Crippen molar-refractivity contribution >= 4 is 38.3 Å². The maximum absolute atomic E-state index is 12.3. The van der Waals surface area contributed by atoms with Gasteiger partial charge in [0.1, 0.15) is 0 Å². The van der Waals surface area contributed by atoms with E-state index in [9.17, 15) is 4.79 Å². The van der Waals surface area contributed by atoms with Gasteiger partial charge in [-0.2, -0.15) is 0 Å². The third-order valence-electron chi connectivity index (χ3n) is 4.05. The highest BCUT2D eigenvalue weighted by Gasteiger charge is 2.25. The first-order valence-electron chi connectivity index (χ1n) is 7.83. The number of rotatable bonds is 4. The summed E-state index contributed by atoms with van der Waals surface area (Å²) in [5.41, 5.74) is 1.23. The fourth-order valence-electron chi connectivity index (χ4n) is 2.87. The smallest absolute Gasteiger partial charge is 0.229 e. The van der Waals surface area contributed by atoms with Crippen LogP contribution in [0.4, 0.5) is 5.13 Å². The van der Waals surface area contributed by atoms with Gasteiger partial charge in [0.25, 0.3) is 0 Å². The summed E-state index contributed by atoms with van der Waals surface area (Å²) in [5, 5.41) is 7.05. The molecule has 1 aliphatic heterocycles. The van der Waals surface area contributed by atoms with Crippen LogP contribution in [0.15, 0.2) is 34.9 Å². The van der Waals surface area contributed by atoms with Crippen LogP contribution < -0.4 is 10.6 Å². The van der Waals surface area contributed by atoms with E-state index in [1.807, 2.05) is 18.3 Å². The molecule has 4 nitrogen and oxygen atoms in total. The number of thiazole rings is 1. The lowest BCUT2D eigenvalue weighted by Crippen LogP contribution is -2.40. The maximum Gasteiger partial charge on any atom is 0.229 e. The molecule has 23 heavy (non-hydrogen) atoms. The Morgan fingerprint density at radius 2 is 2.39 bits per heavy atom. The van der Waals surface area contributed by atoms with Gasteiger partial charge in [-0.3, -0.25) is 4.79 Å². The van der Waals surface area contributed by atoms with Crippen molar-refractivity contribution in [2.45, 2.75) is 32.2 Å². The number of piperidine rings is 1. The zero-order chi connectivity index (χ0) is 16.2. The molecule has 1 aromatic heterocycles. The van der Waals surface area contributed by atoms with Crippen LogP contribution in [-0.2, 0) is 11.2 Å². The Bertz CT molecular complexity index is 688. The number of nitrogens with one attached hydrogen (secondary N) is 2. The minimum absolute atomic E-state index is 0.0867. The van der Waals surface area contributed by atoms with Crippen molar-refractivity contribution in [2.24, 2.45) is 5.92 Å². The third-order valence-corrected chi connectivity index (χ3v) is 5.45. The topological polar surface area (TPSA) is 54.0 Å². The monoisotopic (exact) mass is 393 g/mol. The zero-order valence-electron chi connectivity index (χ0n) is 13.0. The molecule has 1 saturated heterocycles. The lowest BCUT2D eigenvalue weighted by atomic mass is 9.93. The summed E-state index contributed by atoms with van der Waals surface area (Å²) in [6.45, 7) is 3.03. The van der Waals surface area contributed by atoms with E-state index >= 15 is 0 Å².